The maximum atomic E-state index is 12.7. The highest BCUT2D eigenvalue weighted by Gasteiger charge is 2.37. The number of rotatable bonds is 4. The molecule has 0 aromatic carbocycles. The van der Waals surface area contributed by atoms with Gasteiger partial charge in [0.05, 0.1) is 0 Å². The predicted octanol–water partition coefficient (Wildman–Crippen LogP) is 1.32. The maximum absolute atomic E-state index is 12.7. The molecule has 0 bridgehead atoms. The number of likely N-dealkylation sites (N-methyl/N-ethyl adjacent to an activating group) is 2. The summed E-state index contributed by atoms with van der Waals surface area (Å²) >= 11 is 0. The number of nitrogens with zero attached hydrogens (tertiary/aromatic N) is 2. The summed E-state index contributed by atoms with van der Waals surface area (Å²) in [5, 5.41) is 3.34. The van der Waals surface area contributed by atoms with E-state index in [1.165, 1.54) is 19.4 Å². The first-order valence-electron chi connectivity index (χ1n) is 7.77. The molecule has 2 saturated heterocycles. The van der Waals surface area contributed by atoms with Crippen molar-refractivity contribution in [1.29, 1.82) is 0 Å². The second-order valence-electron chi connectivity index (χ2n) is 6.42. The molecule has 0 spiro atoms. The maximum Gasteiger partial charge on any atom is 0.228 e. The minimum absolute atomic E-state index is 0.143. The molecule has 2 aliphatic heterocycles. The van der Waals surface area contributed by atoms with Crippen molar-refractivity contribution in [3.63, 3.8) is 0 Å². The summed E-state index contributed by atoms with van der Waals surface area (Å²) in [6.07, 6.45) is 4.46. The van der Waals surface area contributed by atoms with Crippen molar-refractivity contribution in [2.75, 3.05) is 39.8 Å². The molecular weight excluding hydrogens is 238 g/mol. The molecule has 2 fully saturated rings. The van der Waals surface area contributed by atoms with E-state index in [0.717, 1.165) is 39.0 Å². The van der Waals surface area contributed by atoms with E-state index >= 15 is 0 Å². The van der Waals surface area contributed by atoms with Crippen LogP contribution in [0.25, 0.3) is 0 Å². The molecule has 1 amide bonds. The molecular formula is C15H29N3O. The highest BCUT2D eigenvalue weighted by molar-refractivity contribution is 5.82. The molecule has 4 heteroatoms. The lowest BCUT2D eigenvalue weighted by Gasteiger charge is -2.37. The molecule has 2 heterocycles. The third-order valence-corrected chi connectivity index (χ3v) is 4.96. The van der Waals surface area contributed by atoms with Crippen molar-refractivity contribution in [3.05, 3.63) is 0 Å². The fourth-order valence-electron chi connectivity index (χ4n) is 3.57. The summed E-state index contributed by atoms with van der Waals surface area (Å²) in [5.74, 6) is 0.344. The molecule has 2 rings (SSSR count). The largest absolute Gasteiger partial charge is 0.344 e. The average Bonchev–Trinajstić information content (AvgIpc) is 2.85. The SMILES string of the molecule is CCN1CCCC1CN(C)C(=O)C1(C)CCNCC1. The van der Waals surface area contributed by atoms with E-state index < -0.39 is 0 Å². The number of hydrogen-bond donors (Lipinski definition) is 1. The standard InChI is InChI=1S/C15H29N3O/c1-4-18-11-5-6-13(18)12-17(3)14(19)15(2)7-9-16-10-8-15/h13,16H,4-12H2,1-3H3. The van der Waals surface area contributed by atoms with Crippen LogP contribution in [0.2, 0.25) is 0 Å². The van der Waals surface area contributed by atoms with Crippen molar-refractivity contribution in [3.8, 4) is 0 Å². The first-order valence-corrected chi connectivity index (χ1v) is 7.77. The number of carbonyl (C=O) groups excluding carboxylic acids is 1. The van der Waals surface area contributed by atoms with E-state index in [2.05, 4.69) is 24.1 Å². The lowest BCUT2D eigenvalue weighted by Crippen LogP contribution is -2.49. The minimum atomic E-state index is -0.143. The molecule has 1 atom stereocenters. The fraction of sp³-hybridized carbons (Fsp3) is 0.933. The Morgan fingerprint density at radius 2 is 2.11 bits per heavy atom. The molecule has 0 aromatic heterocycles. The van der Waals surface area contributed by atoms with Crippen LogP contribution < -0.4 is 5.32 Å². The Morgan fingerprint density at radius 1 is 1.42 bits per heavy atom. The third kappa shape index (κ3) is 3.29. The number of piperidine rings is 1. The number of carbonyl (C=O) groups is 1. The summed E-state index contributed by atoms with van der Waals surface area (Å²) in [4.78, 5) is 17.2. The van der Waals surface area contributed by atoms with Crippen molar-refractivity contribution in [2.24, 2.45) is 5.41 Å². The number of likely N-dealkylation sites (tertiary alicyclic amines) is 1. The van der Waals surface area contributed by atoms with Gasteiger partial charge in [-0.25, -0.2) is 0 Å². The Kier molecular flexibility index (Phi) is 4.85. The Labute approximate surface area is 117 Å². The van der Waals surface area contributed by atoms with Crippen molar-refractivity contribution < 1.29 is 4.79 Å². The summed E-state index contributed by atoms with van der Waals surface area (Å²) in [5.41, 5.74) is -0.143. The van der Waals surface area contributed by atoms with Gasteiger partial charge in [-0.2, -0.15) is 0 Å². The van der Waals surface area contributed by atoms with E-state index in [0.29, 0.717) is 11.9 Å². The molecule has 0 aliphatic carbocycles. The number of nitrogens with one attached hydrogen (secondary N) is 1. The van der Waals surface area contributed by atoms with Crippen LogP contribution in [0.4, 0.5) is 0 Å². The zero-order valence-electron chi connectivity index (χ0n) is 12.7. The van der Waals surface area contributed by atoms with E-state index in [9.17, 15) is 4.79 Å². The monoisotopic (exact) mass is 267 g/mol. The smallest absolute Gasteiger partial charge is 0.228 e. The van der Waals surface area contributed by atoms with Gasteiger partial charge in [0.15, 0.2) is 0 Å². The molecule has 19 heavy (non-hydrogen) atoms. The molecule has 2 aliphatic rings. The second-order valence-corrected chi connectivity index (χ2v) is 6.42. The highest BCUT2D eigenvalue weighted by Crippen LogP contribution is 2.30. The first-order chi connectivity index (χ1) is 9.07. The van der Waals surface area contributed by atoms with Crippen LogP contribution in [-0.2, 0) is 4.79 Å². The van der Waals surface area contributed by atoms with Crippen molar-refractivity contribution >= 4 is 5.91 Å². The summed E-state index contributed by atoms with van der Waals surface area (Å²) < 4.78 is 0. The van der Waals surface area contributed by atoms with Crippen molar-refractivity contribution in [1.82, 2.24) is 15.1 Å². The van der Waals surface area contributed by atoms with Gasteiger partial charge in [-0.3, -0.25) is 9.69 Å². The summed E-state index contributed by atoms with van der Waals surface area (Å²) in [6, 6.07) is 0.573. The lowest BCUT2D eigenvalue weighted by molar-refractivity contribution is -0.142. The molecule has 1 N–H and O–H groups in total. The van der Waals surface area contributed by atoms with Gasteiger partial charge in [-0.15, -0.1) is 0 Å². The normalized spacial score (nSPS) is 27.4. The van der Waals surface area contributed by atoms with Crippen LogP contribution in [0.3, 0.4) is 0 Å². The molecule has 4 nitrogen and oxygen atoms in total. The summed E-state index contributed by atoms with van der Waals surface area (Å²) in [6.45, 7) is 9.50. The van der Waals surface area contributed by atoms with Gasteiger partial charge in [-0.1, -0.05) is 13.8 Å². The van der Waals surface area contributed by atoms with Gasteiger partial charge in [0, 0.05) is 25.0 Å². The fourth-order valence-corrected chi connectivity index (χ4v) is 3.57. The number of hydrogen-bond acceptors (Lipinski definition) is 3. The first kappa shape index (κ1) is 14.8. The molecule has 110 valence electrons. The quantitative estimate of drug-likeness (QED) is 0.834. The lowest BCUT2D eigenvalue weighted by atomic mass is 9.79. The Balaban J connectivity index is 1.91. The van der Waals surface area contributed by atoms with Crippen LogP contribution in [0.5, 0.6) is 0 Å². The van der Waals surface area contributed by atoms with Crippen LogP contribution in [0.15, 0.2) is 0 Å². The van der Waals surface area contributed by atoms with E-state index in [1.807, 2.05) is 11.9 Å². The number of amides is 1. The highest BCUT2D eigenvalue weighted by atomic mass is 16.2. The molecule has 1 unspecified atom stereocenters. The zero-order chi connectivity index (χ0) is 13.9. The Morgan fingerprint density at radius 3 is 2.74 bits per heavy atom. The van der Waals surface area contributed by atoms with E-state index in [1.54, 1.807) is 0 Å². The van der Waals surface area contributed by atoms with E-state index in [4.69, 9.17) is 0 Å². The predicted molar refractivity (Wildman–Crippen MR) is 78.1 cm³/mol. The Hall–Kier alpha value is -0.610. The third-order valence-electron chi connectivity index (χ3n) is 4.96. The van der Waals surface area contributed by atoms with Gasteiger partial charge in [0.2, 0.25) is 5.91 Å². The minimum Gasteiger partial charge on any atom is -0.344 e. The van der Waals surface area contributed by atoms with Crippen LogP contribution in [0.1, 0.15) is 39.5 Å². The molecule has 0 radical (unpaired) electrons. The topological polar surface area (TPSA) is 35.6 Å². The summed E-state index contributed by atoms with van der Waals surface area (Å²) in [7, 11) is 1.99. The van der Waals surface area contributed by atoms with Gasteiger partial charge in [0.1, 0.15) is 0 Å². The molecule has 0 aromatic rings. The van der Waals surface area contributed by atoms with Gasteiger partial charge in [0.25, 0.3) is 0 Å². The van der Waals surface area contributed by atoms with Gasteiger partial charge in [-0.05, 0) is 51.9 Å². The average molecular weight is 267 g/mol. The van der Waals surface area contributed by atoms with Crippen LogP contribution >= 0.6 is 0 Å². The van der Waals surface area contributed by atoms with E-state index in [-0.39, 0.29) is 5.41 Å². The Bertz CT molecular complexity index is 313. The molecule has 0 saturated carbocycles. The van der Waals surface area contributed by atoms with Gasteiger partial charge < -0.3 is 10.2 Å². The van der Waals surface area contributed by atoms with Gasteiger partial charge >= 0.3 is 0 Å². The van der Waals surface area contributed by atoms with Crippen LogP contribution in [0, 0.1) is 5.41 Å². The van der Waals surface area contributed by atoms with Crippen LogP contribution in [-0.4, -0.2) is 61.5 Å². The van der Waals surface area contributed by atoms with Crippen molar-refractivity contribution in [2.45, 2.75) is 45.6 Å². The second kappa shape index (κ2) is 6.23. The zero-order valence-corrected chi connectivity index (χ0v) is 12.7.